The second-order valence-electron chi connectivity index (χ2n) is 4.78. The molecule has 0 fully saturated rings. The number of halogens is 4. The van der Waals surface area contributed by atoms with Gasteiger partial charge < -0.3 is 5.32 Å². The maximum absolute atomic E-state index is 13.6. The van der Waals surface area contributed by atoms with Crippen molar-refractivity contribution in [2.75, 3.05) is 6.54 Å². The summed E-state index contributed by atoms with van der Waals surface area (Å²) in [6.45, 7) is 4.59. The quantitative estimate of drug-likeness (QED) is 0.539. The van der Waals surface area contributed by atoms with Crippen molar-refractivity contribution in [2.45, 2.75) is 19.9 Å². The number of nitrogens with one attached hydrogen (secondary N) is 1. The van der Waals surface area contributed by atoms with E-state index in [1.165, 1.54) is 6.07 Å². The Hall–Kier alpha value is -0.170. The monoisotopic (exact) mass is 481 g/mol. The Balaban J connectivity index is 2.58. The molecule has 0 aromatic heterocycles. The minimum atomic E-state index is -0.275. The highest BCUT2D eigenvalue weighted by molar-refractivity contribution is 14.1. The minimum absolute atomic E-state index is 0.0637. The van der Waals surface area contributed by atoms with Crippen LogP contribution in [-0.2, 0) is 0 Å². The van der Waals surface area contributed by atoms with Gasteiger partial charge in [0.25, 0.3) is 0 Å². The smallest absolute Gasteiger partial charge is 0.127 e. The molecule has 5 heteroatoms. The molecule has 2 rings (SSSR count). The predicted octanol–water partition coefficient (Wildman–Crippen LogP) is 5.85. The van der Waals surface area contributed by atoms with Gasteiger partial charge in [0.05, 0.1) is 6.04 Å². The number of benzene rings is 2. The third-order valence-corrected chi connectivity index (χ3v) is 5.07. The number of rotatable bonds is 4. The summed E-state index contributed by atoms with van der Waals surface area (Å²) in [4.78, 5) is 0. The molecule has 21 heavy (non-hydrogen) atoms. The summed E-state index contributed by atoms with van der Waals surface area (Å²) in [6.07, 6.45) is 0. The van der Waals surface area contributed by atoms with E-state index in [0.717, 1.165) is 25.7 Å². The zero-order valence-electron chi connectivity index (χ0n) is 11.7. The Labute approximate surface area is 151 Å². The van der Waals surface area contributed by atoms with E-state index < -0.39 is 0 Å². The van der Waals surface area contributed by atoms with Crippen LogP contribution < -0.4 is 5.32 Å². The lowest BCUT2D eigenvalue weighted by Gasteiger charge is -2.22. The lowest BCUT2D eigenvalue weighted by Crippen LogP contribution is -2.23. The van der Waals surface area contributed by atoms with Gasteiger partial charge in [0.15, 0.2) is 0 Å². The first-order valence-corrected chi connectivity index (χ1v) is 8.83. The highest BCUT2D eigenvalue weighted by Crippen LogP contribution is 2.33. The largest absolute Gasteiger partial charge is 0.306 e. The van der Waals surface area contributed by atoms with Crippen LogP contribution in [0.3, 0.4) is 0 Å². The standard InChI is InChI=1S/C16H15BrClFIN/c1-3-21-16(12-7-10(17)4-5-15(12)20)11-6-9(2)14(19)8-13(11)18/h4-8,16,21H,3H2,1-2H3. The van der Waals surface area contributed by atoms with Crippen LogP contribution >= 0.6 is 50.1 Å². The highest BCUT2D eigenvalue weighted by Gasteiger charge is 2.20. The Morgan fingerprint density at radius 2 is 2.00 bits per heavy atom. The fraction of sp³-hybridized carbons (Fsp3) is 0.250. The zero-order chi connectivity index (χ0) is 15.6. The van der Waals surface area contributed by atoms with Gasteiger partial charge in [0.1, 0.15) is 5.82 Å². The molecule has 1 N–H and O–H groups in total. The van der Waals surface area contributed by atoms with Gasteiger partial charge in [-0.3, -0.25) is 0 Å². The Morgan fingerprint density at radius 1 is 1.29 bits per heavy atom. The molecule has 0 heterocycles. The molecule has 0 bridgehead atoms. The first-order chi connectivity index (χ1) is 9.93. The molecule has 1 nitrogen and oxygen atoms in total. The molecular weight excluding hydrogens is 467 g/mol. The molecule has 0 saturated carbocycles. The first kappa shape index (κ1) is 17.2. The fourth-order valence-electron chi connectivity index (χ4n) is 2.23. The fourth-order valence-corrected chi connectivity index (χ4v) is 3.51. The number of hydrogen-bond acceptors (Lipinski definition) is 1. The van der Waals surface area contributed by atoms with Crippen LogP contribution in [0.15, 0.2) is 34.8 Å². The molecule has 0 radical (unpaired) electrons. The van der Waals surface area contributed by atoms with Crippen LogP contribution in [0.2, 0.25) is 5.02 Å². The van der Waals surface area contributed by atoms with E-state index in [1.54, 1.807) is 6.92 Å². The molecule has 0 amide bonds. The van der Waals surface area contributed by atoms with Crippen molar-refractivity contribution in [2.24, 2.45) is 0 Å². The van der Waals surface area contributed by atoms with Crippen molar-refractivity contribution < 1.29 is 4.39 Å². The van der Waals surface area contributed by atoms with Gasteiger partial charge in [0.2, 0.25) is 0 Å². The van der Waals surface area contributed by atoms with Crippen LogP contribution in [0.25, 0.3) is 0 Å². The first-order valence-electron chi connectivity index (χ1n) is 6.58. The normalized spacial score (nSPS) is 12.5. The molecule has 0 spiro atoms. The van der Waals surface area contributed by atoms with Crippen LogP contribution in [0.4, 0.5) is 4.39 Å². The average molecular weight is 483 g/mol. The predicted molar refractivity (Wildman–Crippen MR) is 98.5 cm³/mol. The topological polar surface area (TPSA) is 12.0 Å². The average Bonchev–Trinajstić information content (AvgIpc) is 2.43. The van der Waals surface area contributed by atoms with E-state index >= 15 is 0 Å². The van der Waals surface area contributed by atoms with E-state index in [0.29, 0.717) is 10.6 Å². The maximum atomic E-state index is 13.6. The molecule has 1 unspecified atom stereocenters. The third kappa shape index (κ3) is 3.97. The number of hydrogen-bond donors (Lipinski definition) is 1. The van der Waals surface area contributed by atoms with Gasteiger partial charge in [0, 0.05) is 13.1 Å². The van der Waals surface area contributed by atoms with Crippen molar-refractivity contribution in [3.05, 3.63) is 65.9 Å². The second-order valence-corrected chi connectivity index (χ2v) is 7.26. The number of aryl methyl sites for hydroxylation is 1. The summed E-state index contributed by atoms with van der Waals surface area (Å²) in [5.74, 6) is -0.275. The van der Waals surface area contributed by atoms with Crippen molar-refractivity contribution in [3.63, 3.8) is 0 Å². The second kappa shape index (κ2) is 7.40. The molecule has 0 aliphatic carbocycles. The molecule has 2 aromatic rings. The van der Waals surface area contributed by atoms with Crippen molar-refractivity contribution in [1.82, 2.24) is 5.32 Å². The zero-order valence-corrected chi connectivity index (χ0v) is 16.2. The molecule has 112 valence electrons. The minimum Gasteiger partial charge on any atom is -0.306 e. The van der Waals surface area contributed by atoms with E-state index in [4.69, 9.17) is 11.6 Å². The summed E-state index contributed by atoms with van der Waals surface area (Å²) in [5, 5.41) is 3.88. The Bertz CT molecular complexity index is 663. The lowest BCUT2D eigenvalue weighted by molar-refractivity contribution is 0.605. The summed E-state index contributed by atoms with van der Waals surface area (Å²) in [7, 11) is 0. The van der Waals surface area contributed by atoms with Gasteiger partial charge in [-0.25, -0.2) is 4.39 Å². The molecule has 0 saturated heterocycles. The van der Waals surface area contributed by atoms with E-state index in [-0.39, 0.29) is 11.9 Å². The van der Waals surface area contributed by atoms with Gasteiger partial charge in [-0.2, -0.15) is 0 Å². The van der Waals surface area contributed by atoms with Gasteiger partial charge in [-0.15, -0.1) is 0 Å². The maximum Gasteiger partial charge on any atom is 0.127 e. The summed E-state index contributed by atoms with van der Waals surface area (Å²) in [5.41, 5.74) is 2.62. The Morgan fingerprint density at radius 3 is 2.67 bits per heavy atom. The lowest BCUT2D eigenvalue weighted by atomic mass is 9.97. The molecule has 2 aromatic carbocycles. The van der Waals surface area contributed by atoms with Crippen molar-refractivity contribution in [3.8, 4) is 0 Å². The van der Waals surface area contributed by atoms with E-state index in [2.05, 4.69) is 56.0 Å². The van der Waals surface area contributed by atoms with Gasteiger partial charge in [-0.1, -0.05) is 34.5 Å². The summed E-state index contributed by atoms with van der Waals surface area (Å²) in [6, 6.07) is 9.28. The van der Waals surface area contributed by atoms with Crippen molar-refractivity contribution in [1.29, 1.82) is 0 Å². The molecule has 1 atom stereocenters. The molecular formula is C16H15BrClFIN. The molecule has 0 aliphatic rings. The van der Waals surface area contributed by atoms with Crippen molar-refractivity contribution >= 4 is 50.1 Å². The summed E-state index contributed by atoms with van der Waals surface area (Å²) < 4.78 is 15.8. The highest BCUT2D eigenvalue weighted by atomic mass is 127. The third-order valence-electron chi connectivity index (χ3n) is 3.27. The van der Waals surface area contributed by atoms with Crippen LogP contribution in [0.1, 0.15) is 29.7 Å². The van der Waals surface area contributed by atoms with Crippen LogP contribution in [-0.4, -0.2) is 6.54 Å². The van der Waals surface area contributed by atoms with Gasteiger partial charge in [-0.05, 0) is 83.1 Å². The van der Waals surface area contributed by atoms with Gasteiger partial charge >= 0.3 is 0 Å². The SMILES string of the molecule is CCNC(c1cc(C)c(F)cc1Cl)c1cc(Br)ccc1I. The van der Waals surface area contributed by atoms with E-state index in [9.17, 15) is 4.39 Å². The van der Waals surface area contributed by atoms with E-state index in [1.807, 2.05) is 19.1 Å². The van der Waals surface area contributed by atoms with Crippen LogP contribution in [0, 0.1) is 16.3 Å². The molecule has 0 aliphatic heterocycles. The van der Waals surface area contributed by atoms with Crippen LogP contribution in [0.5, 0.6) is 0 Å². The summed E-state index contributed by atoms with van der Waals surface area (Å²) >= 11 is 12.1. The Kier molecular flexibility index (Phi) is 6.05.